The molecule has 0 saturated heterocycles. The maximum Gasteiger partial charge on any atom is 0.407 e. The number of nitrogens with zero attached hydrogens (tertiary/aromatic N) is 1. The van der Waals surface area contributed by atoms with E-state index >= 15 is 0 Å². The van der Waals surface area contributed by atoms with Gasteiger partial charge in [0.25, 0.3) is 11.8 Å². The molecule has 4 amide bonds. The Labute approximate surface area is 298 Å². The average Bonchev–Trinajstić information content (AvgIpc) is 3.02. The van der Waals surface area contributed by atoms with E-state index in [0.717, 1.165) is 21.2 Å². The van der Waals surface area contributed by atoms with Gasteiger partial charge in [-0.25, -0.2) is 9.80 Å². The van der Waals surface area contributed by atoms with Crippen LogP contribution in [0.4, 0.5) is 4.79 Å². The number of hydrogen-bond acceptors (Lipinski definition) is 7. The fourth-order valence-corrected chi connectivity index (χ4v) is 5.79. The fourth-order valence-electron chi connectivity index (χ4n) is 5.53. The first-order valence-corrected chi connectivity index (χ1v) is 17.4. The zero-order valence-corrected chi connectivity index (χ0v) is 31.3. The molecule has 0 aliphatic carbocycles. The van der Waals surface area contributed by atoms with Gasteiger partial charge in [-0.3, -0.25) is 19.8 Å². The zero-order chi connectivity index (χ0) is 36.4. The van der Waals surface area contributed by atoms with E-state index in [2.05, 4.69) is 37.3 Å². The molecule has 2 aliphatic heterocycles. The number of benzene rings is 2. The quantitative estimate of drug-likeness (QED) is 0.230. The Morgan fingerprint density at radius 3 is 2.31 bits per heavy atom. The van der Waals surface area contributed by atoms with Gasteiger partial charge < -0.3 is 25.8 Å². The number of amides is 4. The lowest BCUT2D eigenvalue weighted by molar-refractivity contribution is -0.145. The molecule has 2 aromatic rings. The highest BCUT2D eigenvalue weighted by Crippen LogP contribution is 2.26. The van der Waals surface area contributed by atoms with E-state index in [0.29, 0.717) is 25.9 Å². The molecule has 2 bridgehead atoms. The van der Waals surface area contributed by atoms with Crippen molar-refractivity contribution in [3.63, 3.8) is 0 Å². The lowest BCUT2D eigenvalue weighted by atomic mass is 9.83. The summed E-state index contributed by atoms with van der Waals surface area (Å²) in [7, 11) is 1.24. The van der Waals surface area contributed by atoms with Crippen molar-refractivity contribution in [2.45, 2.75) is 91.5 Å². The van der Waals surface area contributed by atoms with Crippen LogP contribution >= 0.6 is 15.9 Å². The Hall–Kier alpha value is -3.74. The topological polar surface area (TPSA) is 149 Å². The predicted octanol–water partition coefficient (Wildman–Crippen LogP) is 4.87. The van der Waals surface area contributed by atoms with Gasteiger partial charge in [0.15, 0.2) is 0 Å². The molecule has 5 N–H and O–H groups in total. The molecule has 0 saturated carbocycles. The molecule has 0 spiro atoms. The van der Waals surface area contributed by atoms with Gasteiger partial charge in [-0.1, -0.05) is 106 Å². The highest BCUT2D eigenvalue weighted by atomic mass is 79.9. The van der Waals surface area contributed by atoms with Gasteiger partial charge in [-0.2, -0.15) is 0 Å². The van der Waals surface area contributed by atoms with Gasteiger partial charge in [-0.05, 0) is 58.9 Å². The summed E-state index contributed by atoms with van der Waals surface area (Å²) in [6, 6.07) is 13.5. The maximum atomic E-state index is 14.0. The third-order valence-corrected chi connectivity index (χ3v) is 8.90. The molecular formula is C37H52BrN5O6. The number of methoxy groups -OCH3 is 1. The van der Waals surface area contributed by atoms with Crippen LogP contribution in [0.3, 0.4) is 0 Å². The van der Waals surface area contributed by atoms with Crippen molar-refractivity contribution < 1.29 is 29.0 Å². The number of rotatable bonds is 9. The van der Waals surface area contributed by atoms with Crippen molar-refractivity contribution in [3.8, 4) is 0 Å². The van der Waals surface area contributed by atoms with E-state index in [9.17, 15) is 24.3 Å². The largest absolute Gasteiger partial charge is 0.453 e. The van der Waals surface area contributed by atoms with Crippen LogP contribution in [0.2, 0.25) is 0 Å². The summed E-state index contributed by atoms with van der Waals surface area (Å²) in [5, 5.41) is 22.2. The summed E-state index contributed by atoms with van der Waals surface area (Å²) in [5.74, 6) is -1.39. The minimum atomic E-state index is -1.87. The van der Waals surface area contributed by atoms with E-state index in [4.69, 9.17) is 4.74 Å². The summed E-state index contributed by atoms with van der Waals surface area (Å²) in [4.78, 5) is 53.0. The highest BCUT2D eigenvalue weighted by Gasteiger charge is 2.41. The van der Waals surface area contributed by atoms with Gasteiger partial charge in [0.1, 0.15) is 17.7 Å². The first kappa shape index (κ1) is 39.7. The Morgan fingerprint density at radius 2 is 1.71 bits per heavy atom. The number of fused-ring (bicyclic) bond motifs is 11. The first-order chi connectivity index (χ1) is 22.9. The van der Waals surface area contributed by atoms with Crippen LogP contribution in [0, 0.1) is 10.8 Å². The van der Waals surface area contributed by atoms with E-state index in [1.807, 2.05) is 102 Å². The smallest absolute Gasteiger partial charge is 0.407 e. The lowest BCUT2D eigenvalue weighted by Crippen LogP contribution is -2.59. The second-order valence-electron chi connectivity index (χ2n) is 14.8. The molecule has 2 aromatic carbocycles. The molecule has 0 radical (unpaired) electrons. The molecule has 2 heterocycles. The fraction of sp³-hybridized carbons (Fsp3) is 0.514. The minimum absolute atomic E-state index is 0.0233. The second-order valence-corrected chi connectivity index (χ2v) is 15.7. The first-order valence-electron chi connectivity index (χ1n) is 16.6. The molecule has 0 fully saturated rings. The Balaban J connectivity index is 1.90. The molecule has 268 valence electrons. The van der Waals surface area contributed by atoms with Gasteiger partial charge >= 0.3 is 6.09 Å². The Bertz CT molecular complexity index is 1470. The molecule has 49 heavy (non-hydrogen) atoms. The summed E-state index contributed by atoms with van der Waals surface area (Å²) >= 11 is 3.46. The van der Waals surface area contributed by atoms with Crippen molar-refractivity contribution in [1.29, 1.82) is 0 Å². The van der Waals surface area contributed by atoms with E-state index in [-0.39, 0.29) is 25.3 Å². The summed E-state index contributed by atoms with van der Waals surface area (Å²) < 4.78 is 5.67. The van der Waals surface area contributed by atoms with E-state index in [1.165, 1.54) is 7.11 Å². The number of ether oxygens (including phenoxy) is 1. The molecule has 4 rings (SSSR count). The summed E-state index contributed by atoms with van der Waals surface area (Å²) in [6.45, 7) is 12.1. The standard InChI is InChI=1S/C37H52BrN5O6/c1-35(2,3)29-31(44)39-21-9-8-11-25-12-14-26(15-13-25)23-37(48,33(46)40-29)20-10-22-43(24-27-16-18-28(38)19-17-27)42-32(45)30(36(4,5)6)41-34(47)49-7/h8,11-19,29-30,48H,9-10,20-24H2,1-7H3,(H,39,44)(H,40,46)(H,41,47)(H,42,45)/b11-8+/t29-,30-,37-/m1/s1. The Morgan fingerprint density at radius 1 is 1.06 bits per heavy atom. The van der Waals surface area contributed by atoms with Crippen LogP contribution in [0.15, 0.2) is 59.1 Å². The SMILES string of the molecule is COC(=O)N[C@H](C(=O)NN(CCC[C@@]1(O)Cc2ccc(cc2)/C=C/CCNC(=O)[C@H](C(C)(C)C)NC1=O)Cc1ccc(Br)cc1)C(C)(C)C. The molecule has 12 heteroatoms. The predicted molar refractivity (Wildman–Crippen MR) is 194 cm³/mol. The normalized spacial score (nSPS) is 20.3. The lowest BCUT2D eigenvalue weighted by Gasteiger charge is -2.35. The monoisotopic (exact) mass is 741 g/mol. The molecule has 11 nitrogen and oxygen atoms in total. The summed E-state index contributed by atoms with van der Waals surface area (Å²) in [6.07, 6.45) is 4.24. The number of hydrazine groups is 1. The number of carbonyl (C=O) groups excluding carboxylic acids is 4. The van der Waals surface area contributed by atoms with Crippen LogP contribution < -0.4 is 21.4 Å². The van der Waals surface area contributed by atoms with Crippen LogP contribution in [-0.2, 0) is 32.1 Å². The second kappa shape index (κ2) is 17.3. The van der Waals surface area contributed by atoms with Crippen LogP contribution in [0.1, 0.15) is 77.5 Å². The van der Waals surface area contributed by atoms with E-state index in [1.54, 1.807) is 5.01 Å². The molecule has 2 aliphatic rings. The van der Waals surface area contributed by atoms with Crippen LogP contribution in [0.5, 0.6) is 0 Å². The van der Waals surface area contributed by atoms with Gasteiger partial charge in [0.05, 0.1) is 7.11 Å². The van der Waals surface area contributed by atoms with E-state index < -0.39 is 46.4 Å². The number of hydrogen-bond donors (Lipinski definition) is 5. The van der Waals surface area contributed by atoms with Crippen molar-refractivity contribution in [1.82, 2.24) is 26.4 Å². The zero-order valence-electron chi connectivity index (χ0n) is 29.7. The van der Waals surface area contributed by atoms with Crippen LogP contribution in [-0.4, -0.2) is 71.8 Å². The van der Waals surface area contributed by atoms with Crippen LogP contribution in [0.25, 0.3) is 6.08 Å². The molecule has 3 atom stereocenters. The van der Waals surface area contributed by atoms with Crippen molar-refractivity contribution >= 4 is 45.8 Å². The molecule has 0 aromatic heterocycles. The number of halogens is 1. The number of nitrogens with one attached hydrogen (secondary N) is 4. The number of alkyl carbamates (subject to hydrolysis) is 1. The number of carbonyl (C=O) groups is 4. The Kier molecular flexibility index (Phi) is 14.0. The third kappa shape index (κ3) is 12.3. The minimum Gasteiger partial charge on any atom is -0.453 e. The number of aliphatic hydroxyl groups is 1. The van der Waals surface area contributed by atoms with Gasteiger partial charge in [-0.15, -0.1) is 0 Å². The average molecular weight is 743 g/mol. The van der Waals surface area contributed by atoms with Gasteiger partial charge in [0, 0.05) is 30.5 Å². The highest BCUT2D eigenvalue weighted by molar-refractivity contribution is 9.10. The van der Waals surface area contributed by atoms with Gasteiger partial charge in [0.2, 0.25) is 5.91 Å². The van der Waals surface area contributed by atoms with Crippen molar-refractivity contribution in [3.05, 3.63) is 75.8 Å². The molecular weight excluding hydrogens is 690 g/mol. The van der Waals surface area contributed by atoms with Crippen molar-refractivity contribution in [2.75, 3.05) is 20.2 Å². The summed E-state index contributed by atoms with van der Waals surface area (Å²) in [5.41, 5.74) is 2.47. The van der Waals surface area contributed by atoms with Crippen molar-refractivity contribution in [2.24, 2.45) is 10.8 Å². The maximum absolute atomic E-state index is 14.0. The molecule has 0 unspecified atom stereocenters. The third-order valence-electron chi connectivity index (χ3n) is 8.37.